The number of aryl methyl sites for hydroxylation is 1. The van der Waals surface area contributed by atoms with Crippen LogP contribution in [0, 0.1) is 12.8 Å². The van der Waals surface area contributed by atoms with Gasteiger partial charge in [0.25, 0.3) is 0 Å². The first kappa shape index (κ1) is 13.1. The van der Waals surface area contributed by atoms with Crippen LogP contribution in [0.5, 0.6) is 0 Å². The van der Waals surface area contributed by atoms with Crippen LogP contribution in [0.25, 0.3) is 0 Å². The van der Waals surface area contributed by atoms with E-state index in [1.165, 1.54) is 29.7 Å². The molecule has 2 unspecified atom stereocenters. The van der Waals surface area contributed by atoms with Crippen molar-refractivity contribution in [2.45, 2.75) is 39.2 Å². The summed E-state index contributed by atoms with van der Waals surface area (Å²) in [4.78, 5) is 1.44. The molecule has 2 rings (SSSR count). The molecule has 2 nitrogen and oxygen atoms in total. The van der Waals surface area contributed by atoms with Crippen molar-refractivity contribution in [2.75, 3.05) is 19.7 Å². The molecule has 0 bridgehead atoms. The molecule has 1 saturated heterocycles. The molecule has 0 aliphatic carbocycles. The van der Waals surface area contributed by atoms with Gasteiger partial charge in [-0.05, 0) is 49.7 Å². The van der Waals surface area contributed by atoms with E-state index in [-0.39, 0.29) is 0 Å². The summed E-state index contributed by atoms with van der Waals surface area (Å²) in [7, 11) is 0. The molecule has 1 fully saturated rings. The summed E-state index contributed by atoms with van der Waals surface area (Å²) in [6.45, 7) is 7.54. The highest BCUT2D eigenvalue weighted by Gasteiger charge is 2.28. The number of hydrogen-bond donors (Lipinski definition) is 1. The molecular formula is C14H23NOS. The zero-order valence-corrected chi connectivity index (χ0v) is 11.7. The second kappa shape index (κ2) is 6.53. The van der Waals surface area contributed by atoms with E-state index in [0.29, 0.717) is 12.0 Å². The Hall–Kier alpha value is -0.380. The highest BCUT2D eigenvalue weighted by atomic mass is 32.1. The lowest BCUT2D eigenvalue weighted by Crippen LogP contribution is -2.32. The summed E-state index contributed by atoms with van der Waals surface area (Å²) in [5.41, 5.74) is 1.39. The molecule has 2 heterocycles. The van der Waals surface area contributed by atoms with Crippen molar-refractivity contribution in [2.24, 2.45) is 5.92 Å². The smallest absolute Gasteiger partial charge is 0.0959 e. The van der Waals surface area contributed by atoms with Crippen LogP contribution in [0.1, 0.15) is 42.7 Å². The second-order valence-electron chi connectivity index (χ2n) is 4.87. The number of ether oxygens (including phenoxy) is 1. The summed E-state index contributed by atoms with van der Waals surface area (Å²) in [6, 6.07) is 2.20. The fourth-order valence-corrected chi connectivity index (χ4v) is 3.55. The van der Waals surface area contributed by atoms with Crippen molar-refractivity contribution in [3.8, 4) is 0 Å². The van der Waals surface area contributed by atoms with Crippen LogP contribution < -0.4 is 5.32 Å². The molecule has 0 radical (unpaired) electrons. The average Bonchev–Trinajstić information content (AvgIpc) is 2.76. The van der Waals surface area contributed by atoms with Gasteiger partial charge in [0, 0.05) is 23.9 Å². The summed E-state index contributed by atoms with van der Waals surface area (Å²) < 4.78 is 6.02. The normalized spacial score (nSPS) is 25.1. The van der Waals surface area contributed by atoms with E-state index < -0.39 is 0 Å². The summed E-state index contributed by atoms with van der Waals surface area (Å²) >= 11 is 1.85. The van der Waals surface area contributed by atoms with Crippen LogP contribution >= 0.6 is 11.3 Å². The van der Waals surface area contributed by atoms with Crippen molar-refractivity contribution in [3.05, 3.63) is 21.9 Å². The maximum atomic E-state index is 6.02. The highest BCUT2D eigenvalue weighted by Crippen LogP contribution is 2.37. The molecule has 17 heavy (non-hydrogen) atoms. The number of nitrogens with one attached hydrogen (secondary N) is 1. The third-order valence-corrected chi connectivity index (χ3v) is 4.52. The SMILES string of the molecule is CCCNCC1CCCOC1c1sccc1C. The van der Waals surface area contributed by atoms with Gasteiger partial charge in [-0.15, -0.1) is 11.3 Å². The lowest BCUT2D eigenvalue weighted by molar-refractivity contribution is -0.0258. The van der Waals surface area contributed by atoms with Crippen LogP contribution in [0.4, 0.5) is 0 Å². The molecule has 1 aromatic rings. The third kappa shape index (κ3) is 3.30. The minimum absolute atomic E-state index is 0.327. The molecule has 1 N–H and O–H groups in total. The minimum Gasteiger partial charge on any atom is -0.372 e. The first-order valence-electron chi connectivity index (χ1n) is 6.69. The molecular weight excluding hydrogens is 230 g/mol. The standard InChI is InChI=1S/C14H23NOS/c1-3-7-15-10-12-5-4-8-16-13(12)14-11(2)6-9-17-14/h6,9,12-13,15H,3-5,7-8,10H2,1-2H3. The number of hydrogen-bond acceptors (Lipinski definition) is 3. The summed E-state index contributed by atoms with van der Waals surface area (Å²) in [6.07, 6.45) is 4.03. The van der Waals surface area contributed by atoms with Crippen molar-refractivity contribution < 1.29 is 4.74 Å². The molecule has 3 heteroatoms. The van der Waals surface area contributed by atoms with Gasteiger partial charge >= 0.3 is 0 Å². The molecule has 0 amide bonds. The Morgan fingerprint density at radius 3 is 3.12 bits per heavy atom. The summed E-state index contributed by atoms with van der Waals surface area (Å²) in [5.74, 6) is 0.646. The van der Waals surface area contributed by atoms with Gasteiger partial charge in [-0.2, -0.15) is 0 Å². The Bertz CT molecular complexity index is 337. The Morgan fingerprint density at radius 1 is 1.53 bits per heavy atom. The molecule has 1 aromatic heterocycles. The van der Waals surface area contributed by atoms with E-state index in [2.05, 4.69) is 30.6 Å². The van der Waals surface area contributed by atoms with E-state index >= 15 is 0 Å². The second-order valence-corrected chi connectivity index (χ2v) is 5.81. The van der Waals surface area contributed by atoms with Gasteiger partial charge in [-0.25, -0.2) is 0 Å². The van der Waals surface area contributed by atoms with Gasteiger partial charge < -0.3 is 10.1 Å². The van der Waals surface area contributed by atoms with Gasteiger partial charge in [-0.1, -0.05) is 6.92 Å². The molecule has 0 saturated carbocycles. The van der Waals surface area contributed by atoms with Gasteiger partial charge in [-0.3, -0.25) is 0 Å². The van der Waals surface area contributed by atoms with E-state index in [4.69, 9.17) is 4.74 Å². The Kier molecular flexibility index (Phi) is 5.01. The monoisotopic (exact) mass is 253 g/mol. The van der Waals surface area contributed by atoms with Gasteiger partial charge in [0.05, 0.1) is 6.10 Å². The van der Waals surface area contributed by atoms with E-state index in [1.807, 2.05) is 11.3 Å². The average molecular weight is 253 g/mol. The lowest BCUT2D eigenvalue weighted by atomic mass is 9.92. The molecule has 1 aliphatic heterocycles. The first-order valence-corrected chi connectivity index (χ1v) is 7.57. The van der Waals surface area contributed by atoms with Crippen molar-refractivity contribution in [3.63, 3.8) is 0 Å². The third-order valence-electron chi connectivity index (χ3n) is 3.44. The molecule has 1 aliphatic rings. The van der Waals surface area contributed by atoms with Crippen LogP contribution in [0.15, 0.2) is 11.4 Å². The lowest BCUT2D eigenvalue weighted by Gasteiger charge is -2.32. The van der Waals surface area contributed by atoms with Crippen molar-refractivity contribution >= 4 is 11.3 Å². The van der Waals surface area contributed by atoms with E-state index in [0.717, 1.165) is 19.7 Å². The maximum absolute atomic E-state index is 6.02. The zero-order valence-electron chi connectivity index (χ0n) is 10.9. The maximum Gasteiger partial charge on any atom is 0.0959 e. The number of thiophene rings is 1. The predicted octanol–water partition coefficient (Wildman–Crippen LogP) is 3.52. The molecule has 0 spiro atoms. The van der Waals surface area contributed by atoms with Crippen molar-refractivity contribution in [1.82, 2.24) is 5.32 Å². The van der Waals surface area contributed by atoms with Crippen LogP contribution in [0.2, 0.25) is 0 Å². The van der Waals surface area contributed by atoms with Crippen molar-refractivity contribution in [1.29, 1.82) is 0 Å². The van der Waals surface area contributed by atoms with Crippen LogP contribution in [0.3, 0.4) is 0 Å². The Morgan fingerprint density at radius 2 is 2.41 bits per heavy atom. The zero-order chi connectivity index (χ0) is 12.1. The quantitative estimate of drug-likeness (QED) is 0.811. The van der Waals surface area contributed by atoms with E-state index in [9.17, 15) is 0 Å². The first-order chi connectivity index (χ1) is 8.33. The fraction of sp³-hybridized carbons (Fsp3) is 0.714. The topological polar surface area (TPSA) is 21.3 Å². The van der Waals surface area contributed by atoms with E-state index in [1.54, 1.807) is 0 Å². The van der Waals surface area contributed by atoms with Gasteiger partial charge in [0.2, 0.25) is 0 Å². The van der Waals surface area contributed by atoms with Gasteiger partial charge in [0.1, 0.15) is 0 Å². The highest BCUT2D eigenvalue weighted by molar-refractivity contribution is 7.10. The minimum atomic E-state index is 0.327. The van der Waals surface area contributed by atoms with Gasteiger partial charge in [0.15, 0.2) is 0 Å². The number of rotatable bonds is 5. The van der Waals surface area contributed by atoms with Crippen LogP contribution in [-0.4, -0.2) is 19.7 Å². The fourth-order valence-electron chi connectivity index (χ4n) is 2.48. The Labute approximate surface area is 108 Å². The molecule has 0 aromatic carbocycles. The largest absolute Gasteiger partial charge is 0.372 e. The predicted molar refractivity (Wildman–Crippen MR) is 73.6 cm³/mol. The van der Waals surface area contributed by atoms with Crippen LogP contribution in [-0.2, 0) is 4.74 Å². The summed E-state index contributed by atoms with van der Waals surface area (Å²) in [5, 5.41) is 5.72. The Balaban J connectivity index is 1.99. The molecule has 96 valence electrons. The molecule has 2 atom stereocenters.